The highest BCUT2D eigenvalue weighted by atomic mass is 16.5. The van der Waals surface area contributed by atoms with Crippen molar-refractivity contribution in [2.75, 3.05) is 32.2 Å². The number of carbonyl (C=O) groups is 1. The third-order valence-electron chi connectivity index (χ3n) is 5.14. The van der Waals surface area contributed by atoms with Gasteiger partial charge in [-0.2, -0.15) is 0 Å². The van der Waals surface area contributed by atoms with Crippen LogP contribution in [0.25, 0.3) is 5.70 Å². The predicted molar refractivity (Wildman–Crippen MR) is 114 cm³/mol. The van der Waals surface area contributed by atoms with E-state index >= 15 is 0 Å². The first-order valence-corrected chi connectivity index (χ1v) is 9.65. The van der Waals surface area contributed by atoms with Crippen LogP contribution in [0.5, 0.6) is 11.5 Å². The second kappa shape index (κ2) is 9.43. The largest absolute Gasteiger partial charge is 0.493 e. The third kappa shape index (κ3) is 4.86. The van der Waals surface area contributed by atoms with E-state index in [0.717, 1.165) is 49.0 Å². The molecule has 1 saturated heterocycles. The Morgan fingerprint density at radius 3 is 2.48 bits per heavy atom. The van der Waals surface area contributed by atoms with Gasteiger partial charge in [-0.25, -0.2) is 4.99 Å². The van der Waals surface area contributed by atoms with Crippen LogP contribution in [0.1, 0.15) is 18.4 Å². The summed E-state index contributed by atoms with van der Waals surface area (Å²) in [6.07, 6.45) is 6.24. The number of aromatic nitrogens is 1. The standard InChI is InChI=1S/C22H28N4O3/c1-25-15-18(26-11-8-17(23)9-12-26)5-7-22(25)24-19(10-13-27)16-4-6-20(28-2)21(14-16)29-3/h4-7,10,13-15,17H,8-9,11-12,23H2,1-3H3/b19-10-,24-22?. The molecule has 154 valence electrons. The molecule has 1 aromatic heterocycles. The molecule has 1 aromatic carbocycles. The minimum Gasteiger partial charge on any atom is -0.493 e. The quantitative estimate of drug-likeness (QED) is 0.597. The summed E-state index contributed by atoms with van der Waals surface area (Å²) in [6, 6.07) is 9.78. The highest BCUT2D eigenvalue weighted by Gasteiger charge is 2.16. The molecule has 2 heterocycles. The molecule has 3 rings (SSSR count). The lowest BCUT2D eigenvalue weighted by Crippen LogP contribution is -2.40. The van der Waals surface area contributed by atoms with Crippen LogP contribution >= 0.6 is 0 Å². The lowest BCUT2D eigenvalue weighted by molar-refractivity contribution is -0.104. The Hall–Kier alpha value is -3.06. The Morgan fingerprint density at radius 1 is 1.14 bits per heavy atom. The van der Waals surface area contributed by atoms with Crippen molar-refractivity contribution in [2.24, 2.45) is 17.8 Å². The van der Waals surface area contributed by atoms with Crippen LogP contribution in [0.15, 0.2) is 47.6 Å². The molecule has 2 aromatic rings. The first-order valence-electron chi connectivity index (χ1n) is 9.65. The number of carbonyl (C=O) groups excluding carboxylic acids is 1. The normalized spacial score (nSPS) is 16.1. The van der Waals surface area contributed by atoms with Crippen molar-refractivity contribution in [1.29, 1.82) is 0 Å². The molecule has 29 heavy (non-hydrogen) atoms. The number of hydrogen-bond acceptors (Lipinski definition) is 6. The maximum atomic E-state index is 11.2. The molecular formula is C22H28N4O3. The number of rotatable bonds is 6. The minimum absolute atomic E-state index is 0.298. The summed E-state index contributed by atoms with van der Waals surface area (Å²) >= 11 is 0. The molecule has 0 atom stereocenters. The molecule has 0 saturated carbocycles. The molecule has 0 amide bonds. The summed E-state index contributed by atoms with van der Waals surface area (Å²) in [5, 5.41) is 0. The number of aryl methyl sites for hydroxylation is 1. The van der Waals surface area contributed by atoms with Gasteiger partial charge in [0.25, 0.3) is 0 Å². The second-order valence-electron chi connectivity index (χ2n) is 7.05. The van der Waals surface area contributed by atoms with E-state index in [0.29, 0.717) is 23.2 Å². The van der Waals surface area contributed by atoms with Gasteiger partial charge < -0.3 is 24.7 Å². The lowest BCUT2D eigenvalue weighted by atomic mass is 10.1. The van der Waals surface area contributed by atoms with Gasteiger partial charge in [0.15, 0.2) is 11.5 Å². The van der Waals surface area contributed by atoms with Crippen molar-refractivity contribution in [3.05, 3.63) is 53.7 Å². The van der Waals surface area contributed by atoms with Crippen LogP contribution in [0, 0.1) is 0 Å². The van der Waals surface area contributed by atoms with Gasteiger partial charge in [-0.15, -0.1) is 0 Å². The number of nitrogens with two attached hydrogens (primary N) is 1. The van der Waals surface area contributed by atoms with Gasteiger partial charge in [0.2, 0.25) is 0 Å². The summed E-state index contributed by atoms with van der Waals surface area (Å²) < 4.78 is 12.6. The van der Waals surface area contributed by atoms with E-state index in [9.17, 15) is 4.79 Å². The molecule has 7 heteroatoms. The average Bonchev–Trinajstić information content (AvgIpc) is 2.74. The van der Waals surface area contributed by atoms with Crippen molar-refractivity contribution in [1.82, 2.24) is 4.57 Å². The van der Waals surface area contributed by atoms with E-state index < -0.39 is 0 Å². The van der Waals surface area contributed by atoms with Gasteiger partial charge in [-0.05, 0) is 43.2 Å². The van der Waals surface area contributed by atoms with Gasteiger partial charge in [-0.1, -0.05) is 0 Å². The second-order valence-corrected chi connectivity index (χ2v) is 7.05. The predicted octanol–water partition coefficient (Wildman–Crippen LogP) is 2.11. The number of piperidine rings is 1. The van der Waals surface area contributed by atoms with Crippen molar-refractivity contribution < 1.29 is 14.3 Å². The Bertz CT molecular complexity index is 957. The van der Waals surface area contributed by atoms with Crippen LogP contribution in [-0.4, -0.2) is 44.2 Å². The van der Waals surface area contributed by atoms with Crippen LogP contribution in [0.2, 0.25) is 0 Å². The zero-order valence-electron chi connectivity index (χ0n) is 17.2. The molecule has 0 unspecified atom stereocenters. The summed E-state index contributed by atoms with van der Waals surface area (Å²) in [5.41, 5.74) is 9.21. The number of methoxy groups -OCH3 is 2. The van der Waals surface area contributed by atoms with Crippen molar-refractivity contribution >= 4 is 17.7 Å². The zero-order chi connectivity index (χ0) is 20.8. The van der Waals surface area contributed by atoms with Gasteiger partial charge in [-0.3, -0.25) is 4.79 Å². The first kappa shape index (κ1) is 20.7. The van der Waals surface area contributed by atoms with Crippen LogP contribution in [-0.2, 0) is 11.8 Å². The van der Waals surface area contributed by atoms with Crippen molar-refractivity contribution in [3.63, 3.8) is 0 Å². The molecule has 1 aliphatic heterocycles. The average molecular weight is 396 g/mol. The molecule has 1 aliphatic rings. The minimum atomic E-state index is 0.298. The topological polar surface area (TPSA) is 82.1 Å². The molecule has 1 fully saturated rings. The monoisotopic (exact) mass is 396 g/mol. The Kier molecular flexibility index (Phi) is 6.72. The number of nitrogens with zero attached hydrogens (tertiary/aromatic N) is 3. The van der Waals surface area contributed by atoms with Crippen molar-refractivity contribution in [2.45, 2.75) is 18.9 Å². The van der Waals surface area contributed by atoms with E-state index in [-0.39, 0.29) is 0 Å². The number of hydrogen-bond donors (Lipinski definition) is 1. The number of allylic oxidation sites excluding steroid dienone is 1. The summed E-state index contributed by atoms with van der Waals surface area (Å²) in [4.78, 5) is 18.3. The van der Waals surface area contributed by atoms with E-state index in [1.165, 1.54) is 6.08 Å². The van der Waals surface area contributed by atoms with Crippen molar-refractivity contribution in [3.8, 4) is 11.5 Å². The van der Waals surface area contributed by atoms with E-state index in [1.54, 1.807) is 20.3 Å². The smallest absolute Gasteiger partial charge is 0.161 e. The van der Waals surface area contributed by atoms with Gasteiger partial charge >= 0.3 is 0 Å². The fourth-order valence-electron chi connectivity index (χ4n) is 3.43. The van der Waals surface area contributed by atoms with E-state index in [4.69, 9.17) is 20.2 Å². The molecule has 7 nitrogen and oxygen atoms in total. The fourth-order valence-corrected chi connectivity index (χ4v) is 3.43. The maximum Gasteiger partial charge on any atom is 0.161 e. The number of ether oxygens (including phenoxy) is 2. The molecular weight excluding hydrogens is 368 g/mol. The number of pyridine rings is 1. The number of aldehydes is 1. The van der Waals surface area contributed by atoms with Crippen LogP contribution in [0.3, 0.4) is 0 Å². The highest BCUT2D eigenvalue weighted by molar-refractivity contribution is 5.81. The maximum absolute atomic E-state index is 11.2. The van der Waals surface area contributed by atoms with Gasteiger partial charge in [0.1, 0.15) is 11.8 Å². The Balaban J connectivity index is 1.93. The molecule has 0 spiro atoms. The molecule has 2 N–H and O–H groups in total. The lowest BCUT2D eigenvalue weighted by Gasteiger charge is -2.32. The summed E-state index contributed by atoms with van der Waals surface area (Å²) in [5.74, 6) is 1.21. The summed E-state index contributed by atoms with van der Waals surface area (Å²) in [6.45, 7) is 1.92. The first-order chi connectivity index (χ1) is 14.0. The number of anilines is 1. The van der Waals surface area contributed by atoms with Crippen LogP contribution < -0.4 is 25.6 Å². The summed E-state index contributed by atoms with van der Waals surface area (Å²) in [7, 11) is 5.11. The molecule has 0 radical (unpaired) electrons. The SMILES string of the molecule is COc1ccc(/C(=C/C=O)N=c2ccc(N3CCC(N)CC3)cn2C)cc1OC. The van der Waals surface area contributed by atoms with Crippen LogP contribution in [0.4, 0.5) is 5.69 Å². The molecule has 0 bridgehead atoms. The fraction of sp³-hybridized carbons (Fsp3) is 0.364. The molecule has 0 aliphatic carbocycles. The Labute approximate surface area is 171 Å². The Morgan fingerprint density at radius 2 is 1.86 bits per heavy atom. The third-order valence-corrected chi connectivity index (χ3v) is 5.14. The van der Waals surface area contributed by atoms with E-state index in [1.807, 2.05) is 29.8 Å². The van der Waals surface area contributed by atoms with Gasteiger partial charge in [0.05, 0.1) is 25.6 Å². The zero-order valence-corrected chi connectivity index (χ0v) is 17.2. The highest BCUT2D eigenvalue weighted by Crippen LogP contribution is 2.30. The number of benzene rings is 1. The van der Waals surface area contributed by atoms with E-state index in [2.05, 4.69) is 17.2 Å². The van der Waals surface area contributed by atoms with Gasteiger partial charge in [0, 0.05) is 44.0 Å².